The molecule has 108 valence electrons. The van der Waals surface area contributed by atoms with Gasteiger partial charge in [0.25, 0.3) is 6.43 Å². The number of nitrogens with zero attached hydrogens (tertiary/aromatic N) is 1. The molecule has 0 aliphatic heterocycles. The van der Waals surface area contributed by atoms with Crippen LogP contribution in [0, 0.1) is 0 Å². The van der Waals surface area contributed by atoms with Gasteiger partial charge >= 0.3 is 0 Å². The highest BCUT2D eigenvalue weighted by atomic mass is 79.9. The van der Waals surface area contributed by atoms with Gasteiger partial charge in [-0.2, -0.15) is 0 Å². The lowest BCUT2D eigenvalue weighted by Gasteiger charge is -2.22. The van der Waals surface area contributed by atoms with E-state index in [-0.39, 0.29) is 12.0 Å². The van der Waals surface area contributed by atoms with Crippen LogP contribution in [0.4, 0.5) is 8.78 Å². The van der Waals surface area contributed by atoms with Crippen molar-refractivity contribution >= 4 is 15.9 Å². The summed E-state index contributed by atoms with van der Waals surface area (Å²) < 4.78 is 24.9. The largest absolute Gasteiger partial charge is 0.293 e. The first-order chi connectivity index (χ1) is 8.82. The van der Waals surface area contributed by atoms with Crippen molar-refractivity contribution in [2.45, 2.75) is 39.2 Å². The van der Waals surface area contributed by atoms with Crippen LogP contribution in [0.25, 0.3) is 0 Å². The minimum absolute atomic E-state index is 0.122. The maximum Gasteiger partial charge on any atom is 0.251 e. The van der Waals surface area contributed by atoms with E-state index in [0.717, 1.165) is 5.56 Å². The molecule has 0 saturated heterocycles. The molecule has 19 heavy (non-hydrogen) atoms. The molecule has 1 aromatic rings. The molecule has 0 aromatic heterocycles. The molecule has 1 rings (SSSR count). The molecule has 0 aliphatic rings. The van der Waals surface area contributed by atoms with Gasteiger partial charge in [-0.25, -0.2) is 8.78 Å². The van der Waals surface area contributed by atoms with E-state index in [0.29, 0.717) is 18.4 Å². The molecular formula is C15H22BrF2N. The first kappa shape index (κ1) is 16.6. The highest BCUT2D eigenvalue weighted by Crippen LogP contribution is 2.22. The molecule has 0 unspecified atom stereocenters. The molecule has 0 amide bonds. The first-order valence-corrected chi connectivity index (χ1v) is 7.61. The van der Waals surface area contributed by atoms with Gasteiger partial charge in [0.05, 0.1) is 6.54 Å². The predicted molar refractivity (Wildman–Crippen MR) is 80.2 cm³/mol. The number of halogens is 3. The lowest BCUT2D eigenvalue weighted by molar-refractivity contribution is 0.0881. The number of hydrogen-bond acceptors (Lipinski definition) is 1. The summed E-state index contributed by atoms with van der Waals surface area (Å²) in [7, 11) is 0. The van der Waals surface area contributed by atoms with Crippen LogP contribution in [0.5, 0.6) is 0 Å². The minimum atomic E-state index is -2.28. The van der Waals surface area contributed by atoms with Crippen molar-refractivity contribution in [3.8, 4) is 0 Å². The Hall–Kier alpha value is -0.480. The zero-order valence-electron chi connectivity index (χ0n) is 11.8. The summed E-state index contributed by atoms with van der Waals surface area (Å²) in [6.45, 7) is 7.51. The normalized spacial score (nSPS) is 12.4. The Kier molecular flexibility index (Phi) is 6.40. The summed E-state index contributed by atoms with van der Waals surface area (Å²) in [4.78, 5) is 1.77. The topological polar surface area (TPSA) is 3.24 Å². The summed E-state index contributed by atoms with van der Waals surface area (Å²) in [6.07, 6.45) is -2.28. The van der Waals surface area contributed by atoms with Gasteiger partial charge in [0.15, 0.2) is 0 Å². The average Bonchev–Trinajstić information content (AvgIpc) is 2.28. The lowest BCUT2D eigenvalue weighted by Crippen LogP contribution is -2.30. The van der Waals surface area contributed by atoms with Crippen LogP contribution in [-0.2, 0) is 12.0 Å². The zero-order valence-corrected chi connectivity index (χ0v) is 13.4. The SMILES string of the molecule is CC(C)(C)c1ccc(CN(CCBr)CC(F)F)cc1. The van der Waals surface area contributed by atoms with Gasteiger partial charge in [-0.05, 0) is 16.5 Å². The molecule has 0 aliphatic carbocycles. The summed E-state index contributed by atoms with van der Waals surface area (Å²) in [5, 5.41) is 0.708. The van der Waals surface area contributed by atoms with Gasteiger partial charge in [0, 0.05) is 18.4 Å². The van der Waals surface area contributed by atoms with E-state index in [9.17, 15) is 8.78 Å². The van der Waals surface area contributed by atoms with Crippen molar-refractivity contribution in [1.82, 2.24) is 4.90 Å². The quantitative estimate of drug-likeness (QED) is 0.695. The first-order valence-electron chi connectivity index (χ1n) is 6.49. The van der Waals surface area contributed by atoms with Crippen LogP contribution < -0.4 is 0 Å². The second-order valence-corrected chi connectivity index (χ2v) is 6.56. The minimum Gasteiger partial charge on any atom is -0.293 e. The third-order valence-corrected chi connectivity index (χ3v) is 3.38. The van der Waals surface area contributed by atoms with E-state index in [4.69, 9.17) is 0 Å². The number of benzene rings is 1. The molecule has 4 heteroatoms. The van der Waals surface area contributed by atoms with E-state index in [1.165, 1.54) is 5.56 Å². The summed E-state index contributed by atoms with van der Waals surface area (Å²) in [5.74, 6) is 0. The maximum absolute atomic E-state index is 12.5. The van der Waals surface area contributed by atoms with Crippen molar-refractivity contribution in [2.24, 2.45) is 0 Å². The van der Waals surface area contributed by atoms with E-state index >= 15 is 0 Å². The van der Waals surface area contributed by atoms with Crippen molar-refractivity contribution in [3.63, 3.8) is 0 Å². The molecule has 0 N–H and O–H groups in total. The Bertz CT molecular complexity index is 371. The van der Waals surface area contributed by atoms with Crippen LogP contribution in [0.2, 0.25) is 0 Å². The molecule has 0 bridgehead atoms. The van der Waals surface area contributed by atoms with Gasteiger partial charge < -0.3 is 0 Å². The predicted octanol–water partition coefficient (Wildman–Crippen LogP) is 4.45. The van der Waals surface area contributed by atoms with E-state index in [1.807, 2.05) is 12.1 Å². The second-order valence-electron chi connectivity index (χ2n) is 5.76. The number of alkyl halides is 3. The Morgan fingerprint density at radius 2 is 1.74 bits per heavy atom. The molecule has 0 radical (unpaired) electrons. The molecule has 0 heterocycles. The van der Waals surface area contributed by atoms with Gasteiger partial charge in [-0.3, -0.25) is 4.90 Å². The molecule has 0 saturated carbocycles. The van der Waals surface area contributed by atoms with Crippen LogP contribution in [0.15, 0.2) is 24.3 Å². The fraction of sp³-hybridized carbons (Fsp3) is 0.600. The molecule has 0 spiro atoms. The van der Waals surface area contributed by atoms with Gasteiger partial charge in [-0.15, -0.1) is 0 Å². The highest BCUT2D eigenvalue weighted by molar-refractivity contribution is 9.09. The van der Waals surface area contributed by atoms with Crippen molar-refractivity contribution < 1.29 is 8.78 Å². The number of hydrogen-bond donors (Lipinski definition) is 0. The molecule has 0 atom stereocenters. The molecule has 1 nitrogen and oxygen atoms in total. The zero-order chi connectivity index (χ0) is 14.5. The number of rotatable bonds is 6. The third kappa shape index (κ3) is 6.00. The van der Waals surface area contributed by atoms with Crippen LogP contribution in [-0.4, -0.2) is 29.7 Å². The second kappa shape index (κ2) is 7.34. The Balaban J connectivity index is 2.69. The van der Waals surface area contributed by atoms with Crippen LogP contribution in [0.1, 0.15) is 31.9 Å². The Morgan fingerprint density at radius 3 is 2.16 bits per heavy atom. The van der Waals surface area contributed by atoms with E-state index in [1.54, 1.807) is 4.90 Å². The fourth-order valence-electron chi connectivity index (χ4n) is 1.92. The lowest BCUT2D eigenvalue weighted by atomic mass is 9.87. The summed E-state index contributed by atoms with van der Waals surface area (Å²) in [5.41, 5.74) is 2.46. The third-order valence-electron chi connectivity index (χ3n) is 3.02. The van der Waals surface area contributed by atoms with Crippen LogP contribution in [0.3, 0.4) is 0 Å². The van der Waals surface area contributed by atoms with Crippen molar-refractivity contribution in [3.05, 3.63) is 35.4 Å². The van der Waals surface area contributed by atoms with Gasteiger partial charge in [0.1, 0.15) is 0 Å². The van der Waals surface area contributed by atoms with Gasteiger partial charge in [0.2, 0.25) is 0 Å². The van der Waals surface area contributed by atoms with Gasteiger partial charge in [-0.1, -0.05) is 61.0 Å². The standard InChI is InChI=1S/C15H22BrF2N/c1-15(2,3)13-6-4-12(5-7-13)10-19(9-8-16)11-14(17)18/h4-7,14H,8-11H2,1-3H3. The Morgan fingerprint density at radius 1 is 1.16 bits per heavy atom. The van der Waals surface area contributed by atoms with Crippen molar-refractivity contribution in [2.75, 3.05) is 18.4 Å². The molecular weight excluding hydrogens is 312 g/mol. The molecule has 0 fully saturated rings. The monoisotopic (exact) mass is 333 g/mol. The highest BCUT2D eigenvalue weighted by Gasteiger charge is 2.14. The summed E-state index contributed by atoms with van der Waals surface area (Å²) >= 11 is 3.30. The van der Waals surface area contributed by atoms with Crippen LogP contribution >= 0.6 is 15.9 Å². The molecule has 1 aromatic carbocycles. The van der Waals surface area contributed by atoms with Crippen molar-refractivity contribution in [1.29, 1.82) is 0 Å². The maximum atomic E-state index is 12.5. The average molecular weight is 334 g/mol. The smallest absolute Gasteiger partial charge is 0.251 e. The fourth-order valence-corrected chi connectivity index (χ4v) is 2.42. The Labute approximate surface area is 123 Å². The van der Waals surface area contributed by atoms with E-state index < -0.39 is 6.43 Å². The van der Waals surface area contributed by atoms with E-state index in [2.05, 4.69) is 48.8 Å². The summed E-state index contributed by atoms with van der Waals surface area (Å²) in [6, 6.07) is 8.24.